The quantitative estimate of drug-likeness (QED) is 0.163. The Balaban J connectivity index is 1.31. The summed E-state index contributed by atoms with van der Waals surface area (Å²) in [5.74, 6) is -0.892. The molecule has 0 spiro atoms. The summed E-state index contributed by atoms with van der Waals surface area (Å²) in [5.41, 5.74) is -0.0124. The third-order valence-corrected chi connectivity index (χ3v) is 8.55. The van der Waals surface area contributed by atoms with E-state index in [-0.39, 0.29) is 22.5 Å². The largest absolute Gasteiger partial charge is 0.507 e. The van der Waals surface area contributed by atoms with Gasteiger partial charge in [0.25, 0.3) is 0 Å². The summed E-state index contributed by atoms with van der Waals surface area (Å²) >= 11 is 0. The number of ether oxygens (including phenoxy) is 6. The van der Waals surface area contributed by atoms with Gasteiger partial charge >= 0.3 is 5.97 Å². The van der Waals surface area contributed by atoms with Crippen LogP contribution in [-0.4, -0.2) is 112 Å². The molecule has 2 saturated heterocycles. The Morgan fingerprint density at radius 1 is 0.896 bits per heavy atom. The number of methoxy groups -OCH3 is 1. The summed E-state index contributed by atoms with van der Waals surface area (Å²) in [6.45, 7) is 4.42. The molecule has 5 rings (SSSR count). The van der Waals surface area contributed by atoms with E-state index in [1.807, 2.05) is 0 Å². The monoisotopic (exact) mass is 676 g/mol. The van der Waals surface area contributed by atoms with Gasteiger partial charge in [-0.05, 0) is 37.6 Å². The Hall–Kier alpha value is -3.80. The standard InChI is InChI=1S/C33H40O15/c1-5-14(2)31(41)48-30-25(36)15(3)44-32(29(30)40)43-13-23-26(37)27(38)28(39)33(47-23)45-18-10-19(34)24-20(35)12-21(46-22(24)11-18)16-6-8-17(42-4)9-7-16/h6-12,14-15,23,25-30,32-34,36-40H,5,13H2,1-4H3. The van der Waals surface area contributed by atoms with Crippen molar-refractivity contribution in [2.45, 2.75) is 88.6 Å². The minimum absolute atomic E-state index is 0.0441. The maximum absolute atomic E-state index is 12.9. The molecule has 2 fully saturated rings. The zero-order chi connectivity index (χ0) is 34.9. The molecule has 2 aromatic carbocycles. The van der Waals surface area contributed by atoms with Gasteiger partial charge in [-0.3, -0.25) is 9.59 Å². The van der Waals surface area contributed by atoms with Crippen LogP contribution < -0.4 is 14.9 Å². The molecule has 0 bridgehead atoms. The zero-order valence-electron chi connectivity index (χ0n) is 26.7. The number of hydrogen-bond acceptors (Lipinski definition) is 15. The fourth-order valence-electron chi connectivity index (χ4n) is 5.38. The molecule has 1 aromatic heterocycles. The topological polar surface area (TPSA) is 224 Å². The lowest BCUT2D eigenvalue weighted by Crippen LogP contribution is -2.62. The number of benzene rings is 2. The first-order valence-electron chi connectivity index (χ1n) is 15.5. The van der Waals surface area contributed by atoms with Gasteiger partial charge in [0.05, 0.1) is 25.7 Å². The van der Waals surface area contributed by atoms with Crippen molar-refractivity contribution in [2.75, 3.05) is 13.7 Å². The summed E-state index contributed by atoms with van der Waals surface area (Å²) in [6.07, 6.45) is -14.4. The van der Waals surface area contributed by atoms with Crippen LogP contribution in [0.5, 0.6) is 17.2 Å². The highest BCUT2D eigenvalue weighted by molar-refractivity contribution is 5.86. The lowest BCUT2D eigenvalue weighted by molar-refractivity contribution is -0.320. The van der Waals surface area contributed by atoms with Crippen LogP contribution in [0.15, 0.2) is 51.7 Å². The van der Waals surface area contributed by atoms with Crippen molar-refractivity contribution >= 4 is 16.9 Å². The Morgan fingerprint density at radius 3 is 2.27 bits per heavy atom. The van der Waals surface area contributed by atoms with E-state index in [4.69, 9.17) is 32.8 Å². The predicted molar refractivity (Wildman–Crippen MR) is 165 cm³/mol. The van der Waals surface area contributed by atoms with Crippen LogP contribution in [-0.2, 0) is 23.7 Å². The number of fused-ring (bicyclic) bond motifs is 1. The van der Waals surface area contributed by atoms with E-state index >= 15 is 0 Å². The molecule has 15 heteroatoms. The second-order valence-electron chi connectivity index (χ2n) is 11.9. The first-order chi connectivity index (χ1) is 22.8. The molecule has 0 radical (unpaired) electrons. The van der Waals surface area contributed by atoms with E-state index in [0.29, 0.717) is 17.7 Å². The number of phenols is 1. The van der Waals surface area contributed by atoms with Crippen molar-refractivity contribution in [1.29, 1.82) is 0 Å². The predicted octanol–water partition coefficient (Wildman–Crippen LogP) is 0.802. The number of aromatic hydroxyl groups is 1. The number of rotatable bonds is 10. The van der Waals surface area contributed by atoms with Crippen LogP contribution in [0, 0.1) is 5.92 Å². The van der Waals surface area contributed by atoms with E-state index in [2.05, 4.69) is 0 Å². The molecule has 2 aliphatic heterocycles. The molecule has 2 aliphatic rings. The van der Waals surface area contributed by atoms with Crippen molar-refractivity contribution in [2.24, 2.45) is 5.92 Å². The lowest BCUT2D eigenvalue weighted by Gasteiger charge is -2.43. The zero-order valence-corrected chi connectivity index (χ0v) is 26.7. The minimum atomic E-state index is -1.78. The molecule has 0 aliphatic carbocycles. The number of aliphatic hydroxyl groups excluding tert-OH is 5. The normalized spacial score (nSPS) is 31.3. The highest BCUT2D eigenvalue weighted by Gasteiger charge is 2.49. The Bertz CT molecular complexity index is 1620. The Labute approximate surface area is 274 Å². The van der Waals surface area contributed by atoms with E-state index in [1.54, 1.807) is 38.1 Å². The van der Waals surface area contributed by atoms with Crippen LogP contribution in [0.3, 0.4) is 0 Å². The molecule has 3 heterocycles. The summed E-state index contributed by atoms with van der Waals surface area (Å²) in [4.78, 5) is 25.3. The van der Waals surface area contributed by atoms with E-state index < -0.39 is 91.1 Å². The maximum Gasteiger partial charge on any atom is 0.309 e. The summed E-state index contributed by atoms with van der Waals surface area (Å²) in [6, 6.07) is 10.4. The van der Waals surface area contributed by atoms with Crippen LogP contribution in [0.25, 0.3) is 22.3 Å². The van der Waals surface area contributed by atoms with Gasteiger partial charge in [0.2, 0.25) is 6.29 Å². The van der Waals surface area contributed by atoms with E-state index in [0.717, 1.165) is 6.07 Å². The van der Waals surface area contributed by atoms with Gasteiger partial charge in [0, 0.05) is 23.8 Å². The molecular weight excluding hydrogens is 636 g/mol. The van der Waals surface area contributed by atoms with Gasteiger partial charge in [-0.1, -0.05) is 13.8 Å². The second kappa shape index (κ2) is 14.8. The van der Waals surface area contributed by atoms with Gasteiger partial charge < -0.3 is 63.5 Å². The molecule has 3 aromatic rings. The fraction of sp³-hybridized carbons (Fsp3) is 0.515. The van der Waals surface area contributed by atoms with Crippen molar-refractivity contribution in [1.82, 2.24) is 0 Å². The van der Waals surface area contributed by atoms with Crippen LogP contribution in [0.1, 0.15) is 27.2 Å². The van der Waals surface area contributed by atoms with Crippen LogP contribution in [0.2, 0.25) is 0 Å². The molecule has 6 N–H and O–H groups in total. The van der Waals surface area contributed by atoms with Gasteiger partial charge in [0.15, 0.2) is 17.8 Å². The number of aliphatic hydroxyl groups is 5. The third kappa shape index (κ3) is 7.28. The smallest absolute Gasteiger partial charge is 0.309 e. The number of carbonyl (C=O) groups excluding carboxylic acids is 1. The first kappa shape index (κ1) is 35.5. The number of hydrogen-bond donors (Lipinski definition) is 6. The Kier molecular flexibility index (Phi) is 10.9. The highest BCUT2D eigenvalue weighted by atomic mass is 16.7. The van der Waals surface area contributed by atoms with Crippen molar-refractivity contribution in [3.63, 3.8) is 0 Å². The lowest BCUT2D eigenvalue weighted by atomic mass is 9.98. The molecule has 11 unspecified atom stereocenters. The molecule has 15 nitrogen and oxygen atoms in total. The average Bonchev–Trinajstić information content (AvgIpc) is 3.07. The third-order valence-electron chi connectivity index (χ3n) is 8.55. The van der Waals surface area contributed by atoms with Crippen molar-refractivity contribution in [3.8, 4) is 28.6 Å². The number of phenolic OH excluding ortho intramolecular Hbond substituents is 1. The van der Waals surface area contributed by atoms with E-state index in [1.165, 1.54) is 26.2 Å². The van der Waals surface area contributed by atoms with Crippen LogP contribution in [0.4, 0.5) is 0 Å². The summed E-state index contributed by atoms with van der Waals surface area (Å²) in [7, 11) is 1.52. The molecule has 48 heavy (non-hydrogen) atoms. The molecule has 11 atom stereocenters. The van der Waals surface area contributed by atoms with Crippen LogP contribution >= 0.6 is 0 Å². The van der Waals surface area contributed by atoms with Crippen molar-refractivity contribution < 1.29 is 68.3 Å². The molecule has 262 valence electrons. The van der Waals surface area contributed by atoms with Gasteiger partial charge in [-0.25, -0.2) is 0 Å². The van der Waals surface area contributed by atoms with Gasteiger partial charge in [-0.2, -0.15) is 0 Å². The van der Waals surface area contributed by atoms with Gasteiger partial charge in [0.1, 0.15) is 70.6 Å². The molecule has 0 amide bonds. The first-order valence-corrected chi connectivity index (χ1v) is 15.5. The average molecular weight is 677 g/mol. The highest BCUT2D eigenvalue weighted by Crippen LogP contribution is 2.34. The summed E-state index contributed by atoms with van der Waals surface area (Å²) in [5, 5.41) is 63.8. The summed E-state index contributed by atoms with van der Waals surface area (Å²) < 4.78 is 39.1. The number of carbonyl (C=O) groups is 1. The Morgan fingerprint density at radius 2 is 1.60 bits per heavy atom. The molecular formula is C33H40O15. The minimum Gasteiger partial charge on any atom is -0.507 e. The SMILES string of the molecule is CCC(C)C(=O)OC1C(O)C(C)OC(OCC2OC(Oc3cc(O)c4c(=O)cc(-c5ccc(OC)cc5)oc4c3)C(O)C(O)C2O)C1O. The fourth-order valence-corrected chi connectivity index (χ4v) is 5.38. The molecule has 0 saturated carbocycles. The maximum atomic E-state index is 12.9. The van der Waals surface area contributed by atoms with Crippen molar-refractivity contribution in [3.05, 3.63) is 52.7 Å². The second-order valence-corrected chi connectivity index (χ2v) is 11.9. The van der Waals surface area contributed by atoms with Gasteiger partial charge in [-0.15, -0.1) is 0 Å². The van der Waals surface area contributed by atoms with E-state index in [9.17, 15) is 40.2 Å². The number of esters is 1.